The summed E-state index contributed by atoms with van der Waals surface area (Å²) in [5.41, 5.74) is 5.83. The molecule has 0 aliphatic carbocycles. The maximum Gasteiger partial charge on any atom is 0.326 e. The number of aliphatic hydroxyl groups is 1. The van der Waals surface area contributed by atoms with E-state index < -0.39 is 54.5 Å². The van der Waals surface area contributed by atoms with Crippen LogP contribution in [0.1, 0.15) is 26.7 Å². The molecule has 0 aromatic carbocycles. The van der Waals surface area contributed by atoms with Crippen molar-refractivity contribution in [2.24, 2.45) is 11.7 Å². The summed E-state index contributed by atoms with van der Waals surface area (Å²) in [5.74, 6) is -2.19. The molecule has 0 fully saturated rings. The van der Waals surface area contributed by atoms with Crippen LogP contribution < -0.4 is 21.7 Å². The van der Waals surface area contributed by atoms with Crippen molar-refractivity contribution >= 4 is 47.2 Å². The van der Waals surface area contributed by atoms with Crippen LogP contribution >= 0.6 is 23.5 Å². The van der Waals surface area contributed by atoms with Crippen LogP contribution in [0.25, 0.3) is 0 Å². The molecule has 174 valence electrons. The molecule has 0 saturated heterocycles. The highest BCUT2D eigenvalue weighted by atomic mass is 32.2. The third-order valence-corrected chi connectivity index (χ3v) is 5.59. The van der Waals surface area contributed by atoms with E-state index in [-0.39, 0.29) is 12.3 Å². The first kappa shape index (κ1) is 28.5. The van der Waals surface area contributed by atoms with E-state index in [1.165, 1.54) is 23.5 Å². The minimum Gasteiger partial charge on any atom is -0.480 e. The number of carbonyl (C=O) groups is 4. The molecule has 30 heavy (non-hydrogen) atoms. The zero-order valence-electron chi connectivity index (χ0n) is 17.8. The van der Waals surface area contributed by atoms with Gasteiger partial charge in [0.1, 0.15) is 18.1 Å². The number of aliphatic carboxylic acids is 1. The smallest absolute Gasteiger partial charge is 0.326 e. The van der Waals surface area contributed by atoms with Crippen LogP contribution in [0.5, 0.6) is 0 Å². The summed E-state index contributed by atoms with van der Waals surface area (Å²) in [4.78, 5) is 48.6. The fourth-order valence-corrected chi connectivity index (χ4v) is 3.25. The number of hydrogen-bond donors (Lipinski definition) is 6. The Morgan fingerprint density at radius 1 is 0.833 bits per heavy atom. The molecular weight excluding hydrogens is 432 g/mol. The first-order valence-electron chi connectivity index (χ1n) is 9.57. The molecule has 0 saturated carbocycles. The molecule has 4 atom stereocenters. The number of hydrogen-bond acceptors (Lipinski definition) is 8. The van der Waals surface area contributed by atoms with Gasteiger partial charge >= 0.3 is 5.97 Å². The van der Waals surface area contributed by atoms with Gasteiger partial charge in [-0.3, -0.25) is 14.4 Å². The van der Waals surface area contributed by atoms with Gasteiger partial charge in [0, 0.05) is 0 Å². The van der Waals surface area contributed by atoms with Crippen molar-refractivity contribution in [3.8, 4) is 0 Å². The number of carboxylic acid groups (broad SMARTS) is 1. The van der Waals surface area contributed by atoms with Crippen molar-refractivity contribution in [1.29, 1.82) is 0 Å². The SMILES string of the molecule is CSCCC(NC(=O)C(CO)NC(=O)C(CCSC)NC(=O)C(N)C(C)C)C(=O)O. The second kappa shape index (κ2) is 15.3. The summed E-state index contributed by atoms with van der Waals surface area (Å²) in [5, 5.41) is 26.1. The average molecular weight is 467 g/mol. The summed E-state index contributed by atoms with van der Waals surface area (Å²) in [7, 11) is 0. The molecule has 0 aliphatic heterocycles. The Balaban J connectivity index is 5.15. The number of rotatable bonds is 15. The van der Waals surface area contributed by atoms with Crippen LogP contribution in [0.2, 0.25) is 0 Å². The molecule has 0 spiro atoms. The Bertz CT molecular complexity index is 579. The number of nitrogens with two attached hydrogens (primary N) is 1. The second-order valence-electron chi connectivity index (χ2n) is 7.04. The fraction of sp³-hybridized carbons (Fsp3) is 0.778. The van der Waals surface area contributed by atoms with E-state index in [0.29, 0.717) is 17.9 Å². The van der Waals surface area contributed by atoms with Gasteiger partial charge < -0.3 is 31.9 Å². The summed E-state index contributed by atoms with van der Waals surface area (Å²) >= 11 is 2.92. The van der Waals surface area contributed by atoms with Crippen LogP contribution in [-0.2, 0) is 19.2 Å². The van der Waals surface area contributed by atoms with Crippen molar-refractivity contribution in [3.63, 3.8) is 0 Å². The van der Waals surface area contributed by atoms with Gasteiger partial charge in [-0.15, -0.1) is 0 Å². The Kier molecular flexibility index (Phi) is 14.6. The molecule has 12 heteroatoms. The lowest BCUT2D eigenvalue weighted by atomic mass is 10.0. The first-order chi connectivity index (χ1) is 14.1. The summed E-state index contributed by atoms with van der Waals surface area (Å²) in [6.45, 7) is 2.84. The standard InChI is InChI=1S/C18H34N4O6S2/c1-10(2)14(19)17(26)20-11(5-7-29-3)15(24)22-13(9-23)16(25)21-12(18(27)28)6-8-30-4/h10-14,23H,5-9,19H2,1-4H3,(H,20,26)(H,21,25)(H,22,24)(H,27,28). The maximum atomic E-state index is 12.7. The summed E-state index contributed by atoms with van der Waals surface area (Å²) in [6, 6.07) is -4.21. The zero-order chi connectivity index (χ0) is 23.3. The Morgan fingerprint density at radius 2 is 1.27 bits per heavy atom. The van der Waals surface area contributed by atoms with Crippen LogP contribution in [0.4, 0.5) is 0 Å². The van der Waals surface area contributed by atoms with Gasteiger partial charge in [0.2, 0.25) is 17.7 Å². The highest BCUT2D eigenvalue weighted by Crippen LogP contribution is 2.05. The lowest BCUT2D eigenvalue weighted by molar-refractivity contribution is -0.142. The predicted molar refractivity (Wildman–Crippen MR) is 119 cm³/mol. The van der Waals surface area contributed by atoms with Crippen LogP contribution in [0.3, 0.4) is 0 Å². The van der Waals surface area contributed by atoms with Crippen LogP contribution in [0, 0.1) is 5.92 Å². The lowest BCUT2D eigenvalue weighted by Crippen LogP contribution is -2.58. The van der Waals surface area contributed by atoms with E-state index in [1.54, 1.807) is 13.8 Å². The second-order valence-corrected chi connectivity index (χ2v) is 9.01. The number of amides is 3. The topological polar surface area (TPSA) is 171 Å². The molecular formula is C18H34N4O6S2. The van der Waals surface area contributed by atoms with E-state index in [0.717, 1.165) is 0 Å². The number of nitrogens with one attached hydrogen (secondary N) is 3. The third kappa shape index (κ3) is 10.5. The normalized spacial score (nSPS) is 15.0. The Hall–Kier alpha value is -1.50. The van der Waals surface area contributed by atoms with Gasteiger partial charge in [-0.2, -0.15) is 23.5 Å². The van der Waals surface area contributed by atoms with E-state index >= 15 is 0 Å². The monoisotopic (exact) mass is 466 g/mol. The third-order valence-electron chi connectivity index (χ3n) is 4.31. The molecule has 0 heterocycles. The molecule has 0 aromatic rings. The molecule has 10 nitrogen and oxygen atoms in total. The summed E-state index contributed by atoms with van der Waals surface area (Å²) in [6.07, 6.45) is 4.16. The van der Waals surface area contributed by atoms with E-state index in [2.05, 4.69) is 16.0 Å². The molecule has 0 rings (SSSR count). The van der Waals surface area contributed by atoms with Gasteiger partial charge in [0.25, 0.3) is 0 Å². The lowest BCUT2D eigenvalue weighted by Gasteiger charge is -2.25. The quantitative estimate of drug-likeness (QED) is 0.177. The van der Waals surface area contributed by atoms with Crippen molar-refractivity contribution in [2.45, 2.75) is 50.9 Å². The van der Waals surface area contributed by atoms with E-state index in [1.807, 2.05) is 12.5 Å². The highest BCUT2D eigenvalue weighted by molar-refractivity contribution is 7.98. The molecule has 0 aromatic heterocycles. The van der Waals surface area contributed by atoms with Gasteiger partial charge in [-0.25, -0.2) is 4.79 Å². The molecule has 0 bridgehead atoms. The molecule has 0 radical (unpaired) electrons. The van der Waals surface area contributed by atoms with Gasteiger partial charge in [-0.1, -0.05) is 13.8 Å². The van der Waals surface area contributed by atoms with Gasteiger partial charge in [-0.05, 0) is 42.8 Å². The largest absolute Gasteiger partial charge is 0.480 e. The minimum atomic E-state index is -1.35. The molecule has 0 aliphatic rings. The number of carboxylic acids is 1. The number of aliphatic hydroxyl groups excluding tert-OH is 1. The zero-order valence-corrected chi connectivity index (χ0v) is 19.5. The molecule has 3 amide bonds. The van der Waals surface area contributed by atoms with E-state index in [9.17, 15) is 29.4 Å². The molecule has 7 N–H and O–H groups in total. The maximum absolute atomic E-state index is 12.7. The van der Waals surface area contributed by atoms with Gasteiger partial charge in [0.15, 0.2) is 0 Å². The Labute approximate surface area is 185 Å². The van der Waals surface area contributed by atoms with Crippen molar-refractivity contribution in [1.82, 2.24) is 16.0 Å². The molecule has 4 unspecified atom stereocenters. The van der Waals surface area contributed by atoms with E-state index in [4.69, 9.17) is 5.73 Å². The number of carbonyl (C=O) groups excluding carboxylic acids is 3. The van der Waals surface area contributed by atoms with Crippen molar-refractivity contribution in [3.05, 3.63) is 0 Å². The van der Waals surface area contributed by atoms with Crippen molar-refractivity contribution < 1.29 is 29.4 Å². The Morgan fingerprint density at radius 3 is 1.70 bits per heavy atom. The van der Waals surface area contributed by atoms with Crippen LogP contribution in [-0.4, -0.2) is 88.7 Å². The average Bonchev–Trinajstić information content (AvgIpc) is 2.70. The van der Waals surface area contributed by atoms with Crippen molar-refractivity contribution in [2.75, 3.05) is 30.6 Å². The number of thioether (sulfide) groups is 2. The van der Waals surface area contributed by atoms with Crippen LogP contribution in [0.15, 0.2) is 0 Å². The van der Waals surface area contributed by atoms with Gasteiger partial charge in [0.05, 0.1) is 12.6 Å². The fourth-order valence-electron chi connectivity index (χ4n) is 2.31. The minimum absolute atomic E-state index is 0.125. The predicted octanol–water partition coefficient (Wildman–Crippen LogP) is -0.993. The highest BCUT2D eigenvalue weighted by Gasteiger charge is 2.30. The first-order valence-corrected chi connectivity index (χ1v) is 12.4. The summed E-state index contributed by atoms with van der Waals surface area (Å²) < 4.78 is 0.